The van der Waals surface area contributed by atoms with Crippen LogP contribution in [0.1, 0.15) is 35.8 Å². The summed E-state index contributed by atoms with van der Waals surface area (Å²) in [5.41, 5.74) is 2.26. The molecule has 0 bridgehead atoms. The predicted octanol–water partition coefficient (Wildman–Crippen LogP) is 0.974. The van der Waals surface area contributed by atoms with Gasteiger partial charge in [-0.05, 0) is 25.9 Å². The van der Waals surface area contributed by atoms with Crippen LogP contribution in [0.5, 0.6) is 0 Å². The van der Waals surface area contributed by atoms with Crippen molar-refractivity contribution in [3.63, 3.8) is 0 Å². The van der Waals surface area contributed by atoms with Crippen molar-refractivity contribution in [3.05, 3.63) is 23.3 Å². The molecule has 2 aliphatic heterocycles. The molecule has 1 fully saturated rings. The van der Waals surface area contributed by atoms with Gasteiger partial charge >= 0.3 is 0 Å². The smallest absolute Gasteiger partial charge is 0.131 e. The largest absolute Gasteiger partial charge is 0.370 e. The van der Waals surface area contributed by atoms with Crippen LogP contribution in [0.3, 0.4) is 0 Å². The van der Waals surface area contributed by atoms with E-state index in [1.165, 1.54) is 0 Å². The van der Waals surface area contributed by atoms with Crippen molar-refractivity contribution in [2.75, 3.05) is 13.1 Å². The molecular weight excluding hydrogens is 190 g/mol. The molecule has 4 heteroatoms. The minimum Gasteiger partial charge on any atom is -0.370 e. The first-order chi connectivity index (χ1) is 7.43. The fourth-order valence-electron chi connectivity index (χ4n) is 2.24. The third-order valence-corrected chi connectivity index (χ3v) is 3.17. The zero-order valence-electron chi connectivity index (χ0n) is 8.70. The van der Waals surface area contributed by atoms with Crippen LogP contribution < -0.4 is 5.32 Å². The number of aromatic nitrogens is 2. The van der Waals surface area contributed by atoms with Gasteiger partial charge < -0.3 is 10.1 Å². The average molecular weight is 205 g/mol. The fourth-order valence-corrected chi connectivity index (χ4v) is 2.24. The Bertz CT molecular complexity index is 361. The second kappa shape index (κ2) is 3.87. The highest BCUT2D eigenvalue weighted by molar-refractivity contribution is 5.20. The lowest BCUT2D eigenvalue weighted by Gasteiger charge is -2.21. The first-order valence-electron chi connectivity index (χ1n) is 5.56. The zero-order chi connectivity index (χ0) is 10.1. The van der Waals surface area contributed by atoms with Crippen molar-refractivity contribution in [1.82, 2.24) is 15.3 Å². The van der Waals surface area contributed by atoms with Crippen LogP contribution in [-0.4, -0.2) is 23.1 Å². The van der Waals surface area contributed by atoms with Gasteiger partial charge in [0.15, 0.2) is 0 Å². The molecule has 0 aromatic carbocycles. The molecule has 0 aliphatic carbocycles. The number of piperidine rings is 1. The van der Waals surface area contributed by atoms with E-state index < -0.39 is 0 Å². The molecule has 4 nitrogen and oxygen atoms in total. The van der Waals surface area contributed by atoms with Crippen molar-refractivity contribution in [3.8, 4) is 0 Å². The molecule has 80 valence electrons. The highest BCUT2D eigenvalue weighted by Gasteiger charge is 2.20. The first-order valence-corrected chi connectivity index (χ1v) is 5.56. The fraction of sp³-hybridized carbons (Fsp3) is 0.636. The molecule has 0 amide bonds. The van der Waals surface area contributed by atoms with Gasteiger partial charge in [0, 0.05) is 17.7 Å². The number of ether oxygens (including phenoxy) is 1. The molecule has 1 aromatic rings. The summed E-state index contributed by atoms with van der Waals surface area (Å²) in [4.78, 5) is 9.07. The lowest BCUT2D eigenvalue weighted by atomic mass is 9.97. The average Bonchev–Trinajstić information content (AvgIpc) is 2.77. The summed E-state index contributed by atoms with van der Waals surface area (Å²) in [6.07, 6.45) is 4.24. The summed E-state index contributed by atoms with van der Waals surface area (Å²) in [5, 5.41) is 3.36. The van der Waals surface area contributed by atoms with E-state index in [2.05, 4.69) is 15.3 Å². The normalized spacial score (nSPS) is 21.6. The first kappa shape index (κ1) is 9.24. The molecule has 0 atom stereocenters. The van der Waals surface area contributed by atoms with Gasteiger partial charge in [-0.3, -0.25) is 0 Å². The van der Waals surface area contributed by atoms with E-state index >= 15 is 0 Å². The van der Waals surface area contributed by atoms with E-state index in [1.807, 2.05) is 6.20 Å². The second-order valence-electron chi connectivity index (χ2n) is 4.22. The Kier molecular flexibility index (Phi) is 2.38. The van der Waals surface area contributed by atoms with Gasteiger partial charge in [-0.2, -0.15) is 0 Å². The second-order valence-corrected chi connectivity index (χ2v) is 4.22. The molecule has 0 saturated carbocycles. The van der Waals surface area contributed by atoms with Crippen LogP contribution in [-0.2, 0) is 18.0 Å². The monoisotopic (exact) mass is 205 g/mol. The van der Waals surface area contributed by atoms with Gasteiger partial charge in [0.05, 0.1) is 18.9 Å². The number of nitrogens with zero attached hydrogens (tertiary/aromatic N) is 2. The number of hydrogen-bond acceptors (Lipinski definition) is 4. The lowest BCUT2D eigenvalue weighted by Crippen LogP contribution is -2.27. The maximum absolute atomic E-state index is 5.34. The van der Waals surface area contributed by atoms with Gasteiger partial charge in [0.25, 0.3) is 0 Å². The van der Waals surface area contributed by atoms with Crippen LogP contribution in [0.15, 0.2) is 6.20 Å². The number of fused-ring (bicyclic) bond motifs is 1. The van der Waals surface area contributed by atoms with E-state index in [0.29, 0.717) is 19.1 Å². The number of nitrogens with one attached hydrogen (secondary N) is 1. The highest BCUT2D eigenvalue weighted by Crippen LogP contribution is 2.24. The van der Waals surface area contributed by atoms with Crippen LogP contribution in [0.4, 0.5) is 0 Å². The van der Waals surface area contributed by atoms with Gasteiger partial charge in [-0.15, -0.1) is 0 Å². The molecule has 0 spiro atoms. The van der Waals surface area contributed by atoms with Crippen molar-refractivity contribution in [2.45, 2.75) is 32.0 Å². The third-order valence-electron chi connectivity index (χ3n) is 3.17. The van der Waals surface area contributed by atoms with Crippen molar-refractivity contribution in [1.29, 1.82) is 0 Å². The molecule has 1 aromatic heterocycles. The molecule has 3 rings (SSSR count). The zero-order valence-corrected chi connectivity index (χ0v) is 8.70. The number of rotatable bonds is 1. The Balaban J connectivity index is 1.85. The standard InChI is InChI=1S/C11H15N3O/c1-3-12-4-2-8(1)11-13-5-9-6-15-7-10(9)14-11/h5,8,12H,1-4,6-7H2. The predicted molar refractivity (Wildman–Crippen MR) is 55.4 cm³/mol. The van der Waals surface area contributed by atoms with Crippen LogP contribution in [0, 0.1) is 0 Å². The summed E-state index contributed by atoms with van der Waals surface area (Å²) >= 11 is 0. The van der Waals surface area contributed by atoms with Crippen LogP contribution in [0.25, 0.3) is 0 Å². The summed E-state index contributed by atoms with van der Waals surface area (Å²) < 4.78 is 5.34. The Morgan fingerprint density at radius 3 is 3.00 bits per heavy atom. The maximum atomic E-state index is 5.34. The highest BCUT2D eigenvalue weighted by atomic mass is 16.5. The van der Waals surface area contributed by atoms with Crippen molar-refractivity contribution < 1.29 is 4.74 Å². The Morgan fingerprint density at radius 1 is 1.27 bits per heavy atom. The summed E-state index contributed by atoms with van der Waals surface area (Å²) in [6, 6.07) is 0. The summed E-state index contributed by atoms with van der Waals surface area (Å²) in [6.45, 7) is 3.51. The van der Waals surface area contributed by atoms with E-state index in [0.717, 1.165) is 43.0 Å². The Morgan fingerprint density at radius 2 is 2.13 bits per heavy atom. The molecular formula is C11H15N3O. The summed E-state index contributed by atoms with van der Waals surface area (Å²) in [5.74, 6) is 1.55. The molecule has 0 unspecified atom stereocenters. The molecule has 15 heavy (non-hydrogen) atoms. The minimum absolute atomic E-state index is 0.539. The minimum atomic E-state index is 0.539. The van der Waals surface area contributed by atoms with Crippen LogP contribution >= 0.6 is 0 Å². The molecule has 1 N–H and O–H groups in total. The third kappa shape index (κ3) is 1.75. The maximum Gasteiger partial charge on any atom is 0.131 e. The van der Waals surface area contributed by atoms with Gasteiger partial charge in [0.2, 0.25) is 0 Å². The van der Waals surface area contributed by atoms with Gasteiger partial charge in [0.1, 0.15) is 5.82 Å². The van der Waals surface area contributed by atoms with Crippen molar-refractivity contribution in [2.24, 2.45) is 0 Å². The molecule has 1 saturated heterocycles. The Hall–Kier alpha value is -1.00. The van der Waals surface area contributed by atoms with Crippen LogP contribution in [0.2, 0.25) is 0 Å². The lowest BCUT2D eigenvalue weighted by molar-refractivity contribution is 0.133. The molecule has 3 heterocycles. The Labute approximate surface area is 89.1 Å². The van der Waals surface area contributed by atoms with E-state index in [-0.39, 0.29) is 0 Å². The number of hydrogen-bond donors (Lipinski definition) is 1. The van der Waals surface area contributed by atoms with E-state index in [4.69, 9.17) is 4.74 Å². The van der Waals surface area contributed by atoms with Crippen molar-refractivity contribution >= 4 is 0 Å². The van der Waals surface area contributed by atoms with E-state index in [9.17, 15) is 0 Å². The quantitative estimate of drug-likeness (QED) is 0.742. The molecule has 2 aliphatic rings. The van der Waals surface area contributed by atoms with E-state index in [1.54, 1.807) is 0 Å². The summed E-state index contributed by atoms with van der Waals surface area (Å²) in [7, 11) is 0. The van der Waals surface area contributed by atoms with Gasteiger partial charge in [-0.25, -0.2) is 9.97 Å². The SMILES string of the molecule is c1nc(C2CCNCC2)nc2c1COC2. The topological polar surface area (TPSA) is 47.0 Å². The van der Waals surface area contributed by atoms with Gasteiger partial charge in [-0.1, -0.05) is 0 Å². The molecule has 0 radical (unpaired) electrons.